The number of benzene rings is 2. The minimum absolute atomic E-state index is 0.0145. The number of anilines is 1. The highest BCUT2D eigenvalue weighted by Crippen LogP contribution is 2.43. The van der Waals surface area contributed by atoms with Gasteiger partial charge in [-0.05, 0) is 49.6 Å². The summed E-state index contributed by atoms with van der Waals surface area (Å²) >= 11 is 0. The zero-order chi connectivity index (χ0) is 22.0. The highest BCUT2D eigenvalue weighted by Gasteiger charge is 2.45. The molecular weight excluding hydrogens is 392 g/mol. The second kappa shape index (κ2) is 8.41. The van der Waals surface area contributed by atoms with Gasteiger partial charge in [-0.1, -0.05) is 31.0 Å². The molecule has 0 radical (unpaired) electrons. The maximum Gasteiger partial charge on any atom is 0.246 e. The molecule has 1 heterocycles. The number of methoxy groups -OCH3 is 1. The summed E-state index contributed by atoms with van der Waals surface area (Å²) in [5, 5.41) is 10.7. The molecule has 1 aromatic heterocycles. The van der Waals surface area contributed by atoms with E-state index in [0.29, 0.717) is 5.69 Å². The van der Waals surface area contributed by atoms with Crippen molar-refractivity contribution in [3.63, 3.8) is 0 Å². The third-order valence-electron chi connectivity index (χ3n) is 6.53. The lowest BCUT2D eigenvalue weighted by Crippen LogP contribution is -2.50. The first-order valence-corrected chi connectivity index (χ1v) is 10.6. The molecule has 1 atom stereocenters. The summed E-state index contributed by atoms with van der Waals surface area (Å²) in [5.74, 6) is 0.519. The first-order valence-electron chi connectivity index (χ1n) is 10.6. The van der Waals surface area contributed by atoms with Crippen LogP contribution in [0.4, 0.5) is 5.69 Å². The number of hydrogen-bond donors (Lipinski definition) is 2. The van der Waals surface area contributed by atoms with Crippen molar-refractivity contribution in [2.24, 2.45) is 0 Å². The largest absolute Gasteiger partial charge is 0.497 e. The second-order valence-corrected chi connectivity index (χ2v) is 8.24. The van der Waals surface area contributed by atoms with Crippen LogP contribution in [0.25, 0.3) is 10.9 Å². The lowest BCUT2D eigenvalue weighted by molar-refractivity contribution is -0.141. The number of likely N-dealkylation sites (N-methyl/N-ethyl adjacent to an activating group) is 1. The molecule has 1 aliphatic carbocycles. The standard InChI is InChI=1S/C24H28N4O3/c1-16(22(29)26-20-7-6-8-21-19(20)15-25-27-21)28(2)23(30)24(13-4-5-14-24)17-9-11-18(31-3)12-10-17/h6-12,15-16H,4-5,13-14H2,1-3H3,(H,25,27)(H,26,29)/t16-/m1/s1. The fraction of sp³-hybridized carbons (Fsp3) is 0.375. The van der Waals surface area contributed by atoms with Gasteiger partial charge >= 0.3 is 0 Å². The number of aromatic nitrogens is 2. The lowest BCUT2D eigenvalue weighted by atomic mass is 9.77. The number of rotatable bonds is 6. The average molecular weight is 421 g/mol. The first kappa shape index (κ1) is 20.9. The molecule has 1 fully saturated rings. The number of H-pyrrole nitrogens is 1. The number of ether oxygens (including phenoxy) is 1. The van der Waals surface area contributed by atoms with E-state index in [-0.39, 0.29) is 11.8 Å². The Morgan fingerprint density at radius 1 is 1.16 bits per heavy atom. The van der Waals surface area contributed by atoms with Gasteiger partial charge in [-0.2, -0.15) is 5.10 Å². The summed E-state index contributed by atoms with van der Waals surface area (Å²) in [6.07, 6.45) is 5.24. The van der Waals surface area contributed by atoms with E-state index in [1.165, 1.54) is 0 Å². The van der Waals surface area contributed by atoms with Crippen LogP contribution in [0.15, 0.2) is 48.7 Å². The average Bonchev–Trinajstić information content (AvgIpc) is 3.48. The van der Waals surface area contributed by atoms with Gasteiger partial charge in [0.1, 0.15) is 11.8 Å². The quantitative estimate of drug-likeness (QED) is 0.634. The van der Waals surface area contributed by atoms with Gasteiger partial charge in [0.2, 0.25) is 11.8 Å². The van der Waals surface area contributed by atoms with Crippen LogP contribution in [0, 0.1) is 0 Å². The molecule has 1 aliphatic rings. The number of hydrogen-bond acceptors (Lipinski definition) is 4. The Bertz CT molecular complexity index is 1080. The van der Waals surface area contributed by atoms with Crippen molar-refractivity contribution in [2.75, 3.05) is 19.5 Å². The van der Waals surface area contributed by atoms with E-state index in [2.05, 4.69) is 15.5 Å². The van der Waals surface area contributed by atoms with Crippen molar-refractivity contribution in [2.45, 2.75) is 44.1 Å². The monoisotopic (exact) mass is 420 g/mol. The van der Waals surface area contributed by atoms with Crippen molar-refractivity contribution in [3.05, 3.63) is 54.2 Å². The Balaban J connectivity index is 1.54. The van der Waals surface area contributed by atoms with Crippen LogP contribution in [0.5, 0.6) is 5.75 Å². The molecule has 0 aliphatic heterocycles. The summed E-state index contributed by atoms with van der Waals surface area (Å²) in [4.78, 5) is 28.3. The lowest BCUT2D eigenvalue weighted by Gasteiger charge is -2.35. The molecule has 7 heteroatoms. The summed E-state index contributed by atoms with van der Waals surface area (Å²) in [5.41, 5.74) is 1.91. The minimum Gasteiger partial charge on any atom is -0.497 e. The maximum absolute atomic E-state index is 13.7. The van der Waals surface area contributed by atoms with Crippen molar-refractivity contribution >= 4 is 28.4 Å². The summed E-state index contributed by atoms with van der Waals surface area (Å²) in [7, 11) is 3.35. The Hall–Kier alpha value is -3.35. The van der Waals surface area contributed by atoms with Crippen molar-refractivity contribution in [3.8, 4) is 5.75 Å². The fourth-order valence-corrected chi connectivity index (χ4v) is 4.52. The minimum atomic E-state index is -0.620. The van der Waals surface area contributed by atoms with Gasteiger partial charge in [0.05, 0.1) is 29.9 Å². The number of amides is 2. The number of nitrogens with zero attached hydrogens (tertiary/aromatic N) is 2. The number of aromatic amines is 1. The van der Waals surface area contributed by atoms with Crippen LogP contribution in [0.3, 0.4) is 0 Å². The normalized spacial score (nSPS) is 16.1. The van der Waals surface area contributed by atoms with Crippen LogP contribution >= 0.6 is 0 Å². The molecule has 0 unspecified atom stereocenters. The predicted octanol–water partition coefficient (Wildman–Crippen LogP) is 3.87. The van der Waals surface area contributed by atoms with Gasteiger partial charge in [-0.3, -0.25) is 14.7 Å². The topological polar surface area (TPSA) is 87.3 Å². The van der Waals surface area contributed by atoms with E-state index >= 15 is 0 Å². The smallest absolute Gasteiger partial charge is 0.246 e. The molecular formula is C24H28N4O3. The zero-order valence-corrected chi connectivity index (χ0v) is 18.1. The maximum atomic E-state index is 13.7. The molecule has 1 saturated carbocycles. The Labute approximate surface area is 181 Å². The highest BCUT2D eigenvalue weighted by molar-refractivity contribution is 6.04. The van der Waals surface area contributed by atoms with Crippen LogP contribution in [0.1, 0.15) is 38.2 Å². The van der Waals surface area contributed by atoms with E-state index in [1.54, 1.807) is 32.2 Å². The van der Waals surface area contributed by atoms with Crippen molar-refractivity contribution in [1.82, 2.24) is 15.1 Å². The molecule has 0 bridgehead atoms. The van der Waals surface area contributed by atoms with Gasteiger partial charge in [0.15, 0.2) is 0 Å². The second-order valence-electron chi connectivity index (χ2n) is 8.24. The van der Waals surface area contributed by atoms with Crippen LogP contribution in [-0.2, 0) is 15.0 Å². The zero-order valence-electron chi connectivity index (χ0n) is 18.1. The van der Waals surface area contributed by atoms with Gasteiger partial charge in [0.25, 0.3) is 0 Å². The number of carbonyl (C=O) groups excluding carboxylic acids is 2. The van der Waals surface area contributed by atoms with Crippen LogP contribution in [-0.4, -0.2) is 47.1 Å². The third kappa shape index (κ3) is 3.76. The molecule has 2 amide bonds. The molecule has 162 valence electrons. The van der Waals surface area contributed by atoms with Gasteiger partial charge < -0.3 is 15.0 Å². The third-order valence-corrected chi connectivity index (χ3v) is 6.53. The summed E-state index contributed by atoms with van der Waals surface area (Å²) in [6.45, 7) is 1.76. The Morgan fingerprint density at radius 3 is 2.55 bits per heavy atom. The Morgan fingerprint density at radius 2 is 1.87 bits per heavy atom. The first-order chi connectivity index (χ1) is 15.0. The van der Waals surface area contributed by atoms with E-state index in [1.807, 2.05) is 42.5 Å². The van der Waals surface area contributed by atoms with Crippen LogP contribution in [0.2, 0.25) is 0 Å². The molecule has 2 aromatic carbocycles. The molecule has 4 rings (SSSR count). The van der Waals surface area contributed by atoms with Gasteiger partial charge in [0, 0.05) is 12.4 Å². The molecule has 31 heavy (non-hydrogen) atoms. The van der Waals surface area contributed by atoms with Crippen molar-refractivity contribution < 1.29 is 14.3 Å². The van der Waals surface area contributed by atoms with E-state index in [9.17, 15) is 9.59 Å². The molecule has 0 saturated heterocycles. The predicted molar refractivity (Wildman–Crippen MR) is 120 cm³/mol. The van der Waals surface area contributed by atoms with Gasteiger partial charge in [-0.15, -0.1) is 0 Å². The van der Waals surface area contributed by atoms with Gasteiger partial charge in [-0.25, -0.2) is 0 Å². The number of carbonyl (C=O) groups is 2. The fourth-order valence-electron chi connectivity index (χ4n) is 4.52. The molecule has 7 nitrogen and oxygen atoms in total. The van der Waals surface area contributed by atoms with Crippen molar-refractivity contribution in [1.29, 1.82) is 0 Å². The molecule has 0 spiro atoms. The summed E-state index contributed by atoms with van der Waals surface area (Å²) in [6, 6.07) is 12.7. The summed E-state index contributed by atoms with van der Waals surface area (Å²) < 4.78 is 5.27. The van der Waals surface area contributed by atoms with E-state index in [4.69, 9.17) is 4.74 Å². The van der Waals surface area contributed by atoms with Crippen LogP contribution < -0.4 is 10.1 Å². The highest BCUT2D eigenvalue weighted by atomic mass is 16.5. The number of nitrogens with one attached hydrogen (secondary N) is 2. The molecule has 3 aromatic rings. The SMILES string of the molecule is COc1ccc(C2(C(=O)N(C)[C@H](C)C(=O)Nc3cccc4[nH]ncc34)CCCC2)cc1. The molecule has 2 N–H and O–H groups in total. The van der Waals surface area contributed by atoms with E-state index in [0.717, 1.165) is 47.9 Å². The Kier molecular flexibility index (Phi) is 5.67. The van der Waals surface area contributed by atoms with E-state index < -0.39 is 11.5 Å². The number of fused-ring (bicyclic) bond motifs is 1.